The van der Waals surface area contributed by atoms with E-state index < -0.39 is 38.6 Å². The lowest BCUT2D eigenvalue weighted by Gasteiger charge is -2.22. The maximum absolute atomic E-state index is 12.0. The monoisotopic (exact) mass is 445 g/mol. The van der Waals surface area contributed by atoms with Crippen molar-refractivity contribution in [3.05, 3.63) is 16.7 Å². The number of hydrogen-bond acceptors (Lipinski definition) is 11. The zero-order valence-electron chi connectivity index (χ0n) is 15.8. The molecule has 15 nitrogen and oxygen atoms in total. The number of aliphatic hydroxyl groups is 1. The van der Waals surface area contributed by atoms with Gasteiger partial charge in [-0.3, -0.25) is 24.8 Å². The molecule has 0 amide bonds. The van der Waals surface area contributed by atoms with E-state index in [0.717, 1.165) is 0 Å². The zero-order valence-corrected chi connectivity index (χ0v) is 16.7. The van der Waals surface area contributed by atoms with Crippen LogP contribution in [0.15, 0.2) is 16.1 Å². The van der Waals surface area contributed by atoms with Gasteiger partial charge in [-0.05, 0) is 6.42 Å². The molecule has 1 aliphatic rings. The van der Waals surface area contributed by atoms with Gasteiger partial charge in [-0.2, -0.15) is 4.98 Å². The van der Waals surface area contributed by atoms with Gasteiger partial charge in [-0.25, -0.2) is 4.98 Å². The maximum atomic E-state index is 12.0. The Morgan fingerprint density at radius 3 is 2.93 bits per heavy atom. The van der Waals surface area contributed by atoms with Crippen molar-refractivity contribution >= 4 is 31.6 Å². The minimum atomic E-state index is -2.13. The molecule has 0 bridgehead atoms. The lowest BCUT2D eigenvalue weighted by molar-refractivity contribution is -0.0695. The number of ether oxygens (including phenoxy) is 2. The number of nitrogens with zero attached hydrogens (tertiary/aromatic N) is 4. The highest BCUT2D eigenvalue weighted by molar-refractivity contribution is 7.43. The number of H-pyrrole nitrogens is 1. The highest BCUT2D eigenvalue weighted by atomic mass is 31.2. The molecule has 166 valence electrons. The Morgan fingerprint density at radius 2 is 2.23 bits per heavy atom. The van der Waals surface area contributed by atoms with E-state index in [2.05, 4.69) is 19.9 Å². The summed E-state index contributed by atoms with van der Waals surface area (Å²) in [6.45, 7) is 0.373. The van der Waals surface area contributed by atoms with Crippen molar-refractivity contribution in [1.82, 2.24) is 19.5 Å². The lowest BCUT2D eigenvalue weighted by atomic mass is 10.1. The largest absolute Gasteiger partial charge is 0.387 e. The first-order valence-corrected chi connectivity index (χ1v) is 10.2. The van der Waals surface area contributed by atoms with Crippen molar-refractivity contribution in [1.29, 1.82) is 0 Å². The zero-order chi connectivity index (χ0) is 21.8. The van der Waals surface area contributed by atoms with Crippen LogP contribution in [0.2, 0.25) is 0 Å². The quantitative estimate of drug-likeness (QED) is 0.0895. The third-order valence-electron chi connectivity index (χ3n) is 4.32. The molecule has 30 heavy (non-hydrogen) atoms. The van der Waals surface area contributed by atoms with Gasteiger partial charge >= 0.3 is 0 Å². The first-order valence-electron chi connectivity index (χ1n) is 8.87. The molecule has 0 spiro atoms. The van der Waals surface area contributed by atoms with E-state index in [1.54, 1.807) is 0 Å². The number of hydrogen-bond donors (Lipinski definition) is 7. The van der Waals surface area contributed by atoms with Crippen LogP contribution in [0.3, 0.4) is 0 Å². The molecule has 11 N–H and O–H groups in total. The van der Waals surface area contributed by atoms with E-state index in [1.165, 1.54) is 10.9 Å². The van der Waals surface area contributed by atoms with Gasteiger partial charge in [0.25, 0.3) is 5.56 Å². The number of aliphatic hydroxyl groups excluding tert-OH is 1. The van der Waals surface area contributed by atoms with Crippen LogP contribution in [0.25, 0.3) is 11.2 Å². The lowest BCUT2D eigenvalue weighted by Crippen LogP contribution is -2.36. The van der Waals surface area contributed by atoms with Crippen LogP contribution in [0.5, 0.6) is 0 Å². The van der Waals surface area contributed by atoms with Crippen molar-refractivity contribution in [2.45, 2.75) is 31.0 Å². The fourth-order valence-electron chi connectivity index (χ4n) is 3.03. The van der Waals surface area contributed by atoms with Crippen LogP contribution in [-0.4, -0.2) is 73.5 Å². The maximum Gasteiger partial charge on any atom is 0.280 e. The fourth-order valence-corrected chi connectivity index (χ4v) is 3.33. The van der Waals surface area contributed by atoms with E-state index in [1.807, 2.05) is 0 Å². The molecule has 1 saturated heterocycles. The van der Waals surface area contributed by atoms with E-state index in [4.69, 9.17) is 36.7 Å². The average Bonchev–Trinajstić information content (AvgIpc) is 3.21. The molecule has 1 unspecified atom stereocenters. The number of nitrogens with one attached hydrogen (secondary N) is 1. The summed E-state index contributed by atoms with van der Waals surface area (Å²) in [6, 6.07) is 0. The van der Waals surface area contributed by atoms with Gasteiger partial charge in [-0.15, -0.1) is 0 Å². The summed E-state index contributed by atoms with van der Waals surface area (Å²) in [5.74, 6) is -0.133. The van der Waals surface area contributed by atoms with Crippen LogP contribution < -0.4 is 28.3 Å². The van der Waals surface area contributed by atoms with Crippen molar-refractivity contribution in [2.24, 2.45) is 22.0 Å². The number of guanidine groups is 1. The molecule has 16 heteroatoms. The minimum Gasteiger partial charge on any atom is -0.387 e. The fraction of sp³-hybridized carbons (Fsp3) is 0.571. The van der Waals surface area contributed by atoms with Crippen LogP contribution >= 0.6 is 8.53 Å². The first-order chi connectivity index (χ1) is 14.3. The van der Waals surface area contributed by atoms with Gasteiger partial charge in [-0.1, -0.05) is 0 Å². The number of aliphatic imine (C=N–C) groups is 1. The van der Waals surface area contributed by atoms with Crippen molar-refractivity contribution in [3.63, 3.8) is 0 Å². The summed E-state index contributed by atoms with van der Waals surface area (Å²) in [6.07, 6.45) is -1.96. The SMILES string of the molecule is NC(N)=NCCCO[C@@H]1[C@H](O)[C@@H](COP(N)O)O[C@@H]1n1cnc2c(=O)[nH]c(N)nc21. The molecule has 3 heterocycles. The van der Waals surface area contributed by atoms with Gasteiger partial charge in [0, 0.05) is 13.2 Å². The topological polar surface area (TPSA) is 248 Å². The molecule has 1 aliphatic heterocycles. The Bertz CT molecular complexity index is 946. The van der Waals surface area contributed by atoms with E-state index in [-0.39, 0.29) is 36.3 Å². The smallest absolute Gasteiger partial charge is 0.280 e. The first kappa shape index (κ1) is 22.3. The Balaban J connectivity index is 1.83. The molecule has 0 aromatic carbocycles. The normalized spacial score (nSPS) is 24.9. The second kappa shape index (κ2) is 9.61. The molecule has 2 aromatic heterocycles. The van der Waals surface area contributed by atoms with Crippen LogP contribution in [-0.2, 0) is 14.0 Å². The molecular formula is C14H24N9O6P. The second-order valence-electron chi connectivity index (χ2n) is 6.42. The number of rotatable bonds is 9. The standard InChI is InChI=1S/C14H24N9O6P/c15-13(16)19-2-1-3-27-9-8(24)6(4-28-30(18)26)29-12(9)23-5-20-7-10(23)21-14(17)22-11(7)25/h5-6,8-9,12,24,26H,1-4,18H2,(H4,15,16,19)(H3,17,21,22,25)/t6-,8-,9-,12+,30?/m1/s1. The van der Waals surface area contributed by atoms with Gasteiger partial charge in [0.15, 0.2) is 23.4 Å². The molecule has 2 aromatic rings. The van der Waals surface area contributed by atoms with Crippen LogP contribution in [0, 0.1) is 0 Å². The molecule has 5 atom stereocenters. The summed E-state index contributed by atoms with van der Waals surface area (Å²) < 4.78 is 18.1. The molecule has 0 aliphatic carbocycles. The Hall–Kier alpha value is -2.39. The summed E-state index contributed by atoms with van der Waals surface area (Å²) in [4.78, 5) is 35.6. The minimum absolute atomic E-state index is 0.0321. The van der Waals surface area contributed by atoms with Gasteiger partial charge in [0.1, 0.15) is 18.3 Å². The number of fused-ring (bicyclic) bond motifs is 1. The van der Waals surface area contributed by atoms with Crippen molar-refractivity contribution in [2.75, 3.05) is 25.5 Å². The number of nitrogens with two attached hydrogens (primary N) is 4. The molecule has 0 saturated carbocycles. The molecular weight excluding hydrogens is 421 g/mol. The summed E-state index contributed by atoms with van der Waals surface area (Å²) in [7, 11) is -2.13. The molecule has 3 rings (SSSR count). The van der Waals surface area contributed by atoms with Crippen LogP contribution in [0.1, 0.15) is 12.6 Å². The Morgan fingerprint density at radius 1 is 1.47 bits per heavy atom. The van der Waals surface area contributed by atoms with E-state index >= 15 is 0 Å². The van der Waals surface area contributed by atoms with Gasteiger partial charge < -0.3 is 41.2 Å². The Kier molecular flexibility index (Phi) is 7.14. The highest BCUT2D eigenvalue weighted by Gasteiger charge is 2.46. The van der Waals surface area contributed by atoms with Crippen molar-refractivity contribution < 1.29 is 24.0 Å². The number of aromatic amines is 1. The van der Waals surface area contributed by atoms with Crippen LogP contribution in [0.4, 0.5) is 5.95 Å². The highest BCUT2D eigenvalue weighted by Crippen LogP contribution is 2.35. The summed E-state index contributed by atoms with van der Waals surface area (Å²) in [5.41, 5.74) is 21.2. The van der Waals surface area contributed by atoms with E-state index in [0.29, 0.717) is 13.0 Å². The summed E-state index contributed by atoms with van der Waals surface area (Å²) >= 11 is 0. The second-order valence-corrected chi connectivity index (χ2v) is 7.29. The molecule has 0 radical (unpaired) electrons. The number of imidazole rings is 1. The third-order valence-corrected chi connectivity index (χ3v) is 4.73. The van der Waals surface area contributed by atoms with Gasteiger partial charge in [0.05, 0.1) is 12.9 Å². The number of nitrogen functional groups attached to an aromatic ring is 1. The predicted octanol–water partition coefficient (Wildman–Crippen LogP) is -2.80. The van der Waals surface area contributed by atoms with Crippen molar-refractivity contribution in [3.8, 4) is 0 Å². The third kappa shape index (κ3) is 5.02. The van der Waals surface area contributed by atoms with E-state index in [9.17, 15) is 14.8 Å². The number of anilines is 1. The molecule has 1 fully saturated rings. The van der Waals surface area contributed by atoms with Gasteiger partial charge in [0.2, 0.25) is 14.5 Å². The summed E-state index contributed by atoms with van der Waals surface area (Å²) in [5, 5.41) is 10.7. The Labute approximate surface area is 171 Å². The predicted molar refractivity (Wildman–Crippen MR) is 107 cm³/mol. The average molecular weight is 445 g/mol. The number of aromatic nitrogens is 4.